The van der Waals surface area contributed by atoms with Gasteiger partial charge in [-0.3, -0.25) is 4.79 Å². The van der Waals surface area contributed by atoms with Gasteiger partial charge in [0.05, 0.1) is 0 Å². The van der Waals surface area contributed by atoms with Crippen molar-refractivity contribution in [2.24, 2.45) is 5.92 Å². The summed E-state index contributed by atoms with van der Waals surface area (Å²) in [6, 6.07) is 5.67. The largest absolute Gasteiger partial charge is 0.356 e. The van der Waals surface area contributed by atoms with Crippen LogP contribution in [-0.2, 0) is 4.79 Å². The third-order valence-corrected chi connectivity index (χ3v) is 4.97. The van der Waals surface area contributed by atoms with Crippen molar-refractivity contribution in [2.75, 3.05) is 16.0 Å². The molecule has 1 amide bonds. The Kier molecular flexibility index (Phi) is 4.40. The van der Waals surface area contributed by atoms with Crippen LogP contribution in [0.1, 0.15) is 13.8 Å². The van der Waals surface area contributed by atoms with Crippen molar-refractivity contribution >= 4 is 39.7 Å². The Hall–Kier alpha value is -3.14. The highest BCUT2D eigenvalue weighted by Crippen LogP contribution is 2.35. The van der Waals surface area contributed by atoms with Gasteiger partial charge in [-0.15, -0.1) is 10.2 Å². The van der Waals surface area contributed by atoms with Crippen LogP contribution in [0.15, 0.2) is 30.6 Å². The molecule has 0 saturated heterocycles. The van der Waals surface area contributed by atoms with E-state index in [-0.39, 0.29) is 23.7 Å². The maximum atomic E-state index is 13.1. The Morgan fingerprint density at radius 1 is 1.19 bits per heavy atom. The summed E-state index contributed by atoms with van der Waals surface area (Å²) in [6.07, 6.45) is 1.41. The lowest BCUT2D eigenvalue weighted by atomic mass is 10.0. The lowest BCUT2D eigenvalue weighted by Crippen LogP contribution is -2.43. The van der Waals surface area contributed by atoms with E-state index in [0.29, 0.717) is 27.5 Å². The molecular formula is C17H16FN7OS. The highest BCUT2D eigenvalue weighted by atomic mass is 32.1. The minimum absolute atomic E-state index is 0.117. The van der Waals surface area contributed by atoms with E-state index in [9.17, 15) is 9.18 Å². The van der Waals surface area contributed by atoms with Crippen LogP contribution < -0.4 is 16.0 Å². The number of carbonyl (C=O) groups is 1. The first-order valence-electron chi connectivity index (χ1n) is 8.30. The zero-order chi connectivity index (χ0) is 19.0. The van der Waals surface area contributed by atoms with Crippen molar-refractivity contribution in [2.45, 2.75) is 19.9 Å². The molecule has 1 aliphatic rings. The molecule has 0 bridgehead atoms. The molecule has 0 aliphatic carbocycles. The molecule has 0 saturated carbocycles. The van der Waals surface area contributed by atoms with E-state index in [1.54, 1.807) is 12.1 Å². The molecule has 0 fully saturated rings. The van der Waals surface area contributed by atoms with Crippen LogP contribution in [0.2, 0.25) is 0 Å². The van der Waals surface area contributed by atoms with Gasteiger partial charge in [0.25, 0.3) is 0 Å². The highest BCUT2D eigenvalue weighted by Gasteiger charge is 2.30. The second kappa shape index (κ2) is 6.88. The second-order valence-electron chi connectivity index (χ2n) is 6.35. The van der Waals surface area contributed by atoms with Crippen LogP contribution >= 0.6 is 11.3 Å². The van der Waals surface area contributed by atoms with Crippen molar-refractivity contribution in [1.29, 1.82) is 0 Å². The molecule has 1 unspecified atom stereocenters. The molecule has 138 valence electrons. The summed E-state index contributed by atoms with van der Waals surface area (Å²) in [4.78, 5) is 20.7. The molecule has 3 N–H and O–H groups in total. The number of nitrogens with zero attached hydrogens (tertiary/aromatic N) is 4. The van der Waals surface area contributed by atoms with Gasteiger partial charge >= 0.3 is 0 Å². The number of nitrogens with one attached hydrogen (secondary N) is 3. The summed E-state index contributed by atoms with van der Waals surface area (Å²) in [5.41, 5.74) is 1.24. The van der Waals surface area contributed by atoms with Crippen LogP contribution in [0.5, 0.6) is 0 Å². The predicted octanol–water partition coefficient (Wildman–Crippen LogP) is 3.27. The van der Waals surface area contributed by atoms with Gasteiger partial charge in [0.15, 0.2) is 11.6 Å². The van der Waals surface area contributed by atoms with Crippen molar-refractivity contribution in [3.8, 4) is 10.6 Å². The summed E-state index contributed by atoms with van der Waals surface area (Å²) in [7, 11) is 0. The van der Waals surface area contributed by atoms with Gasteiger partial charge in [-0.1, -0.05) is 25.2 Å². The smallest absolute Gasteiger partial charge is 0.247 e. The topological polar surface area (TPSA) is 105 Å². The van der Waals surface area contributed by atoms with E-state index in [0.717, 1.165) is 5.56 Å². The fourth-order valence-corrected chi connectivity index (χ4v) is 3.42. The van der Waals surface area contributed by atoms with Crippen LogP contribution in [0.3, 0.4) is 0 Å². The molecule has 0 spiro atoms. The molecular weight excluding hydrogens is 369 g/mol. The van der Waals surface area contributed by atoms with Crippen LogP contribution in [-0.4, -0.2) is 32.1 Å². The standard InChI is InChI=1S/C17H16FN7OS/c1-8(2)11-15(26)22-12-13(21-11)19-7-20-14(12)23-17-25-24-16(27-17)9-3-5-10(18)6-4-9/h3-8,11H,1-2H3,(H,22,26)(H2,19,20,21,23,25). The number of carbonyl (C=O) groups excluding carboxylic acids is 1. The SMILES string of the molecule is CC(C)C1Nc2ncnc(Nc3nnc(-c4ccc(F)cc4)s3)c2NC1=O. The number of anilines is 4. The molecule has 10 heteroatoms. The normalized spacial score (nSPS) is 15.9. The third-order valence-electron chi connectivity index (χ3n) is 4.08. The number of hydrogen-bond acceptors (Lipinski definition) is 8. The van der Waals surface area contributed by atoms with Gasteiger partial charge in [-0.25, -0.2) is 14.4 Å². The van der Waals surface area contributed by atoms with Crippen LogP contribution in [0, 0.1) is 11.7 Å². The number of benzene rings is 1. The van der Waals surface area contributed by atoms with Gasteiger partial charge in [-0.2, -0.15) is 0 Å². The number of fused-ring (bicyclic) bond motifs is 1. The zero-order valence-corrected chi connectivity index (χ0v) is 15.3. The first-order chi connectivity index (χ1) is 13.0. The first-order valence-corrected chi connectivity index (χ1v) is 9.12. The molecule has 4 rings (SSSR count). The fraction of sp³-hybridized carbons (Fsp3) is 0.235. The molecule has 27 heavy (non-hydrogen) atoms. The van der Waals surface area contributed by atoms with Gasteiger partial charge < -0.3 is 16.0 Å². The Morgan fingerprint density at radius 3 is 2.70 bits per heavy atom. The Bertz CT molecular complexity index is 989. The minimum Gasteiger partial charge on any atom is -0.356 e. The van der Waals surface area contributed by atoms with Crippen molar-refractivity contribution < 1.29 is 9.18 Å². The quantitative estimate of drug-likeness (QED) is 0.633. The Balaban J connectivity index is 1.59. The molecule has 0 radical (unpaired) electrons. The molecule has 3 heterocycles. The average molecular weight is 385 g/mol. The highest BCUT2D eigenvalue weighted by molar-refractivity contribution is 7.18. The van der Waals surface area contributed by atoms with Crippen LogP contribution in [0.25, 0.3) is 10.6 Å². The Labute approximate surface area is 158 Å². The third kappa shape index (κ3) is 3.43. The number of aromatic nitrogens is 4. The number of hydrogen-bond donors (Lipinski definition) is 3. The van der Waals surface area contributed by atoms with E-state index in [1.807, 2.05) is 13.8 Å². The van der Waals surface area contributed by atoms with Crippen molar-refractivity contribution in [3.05, 3.63) is 36.4 Å². The predicted molar refractivity (Wildman–Crippen MR) is 101 cm³/mol. The average Bonchev–Trinajstić information content (AvgIpc) is 3.11. The monoisotopic (exact) mass is 385 g/mol. The maximum Gasteiger partial charge on any atom is 0.247 e. The first kappa shape index (κ1) is 17.3. The fourth-order valence-electron chi connectivity index (χ4n) is 2.68. The lowest BCUT2D eigenvalue weighted by molar-refractivity contribution is -0.117. The molecule has 1 atom stereocenters. The minimum atomic E-state index is -0.355. The van der Waals surface area contributed by atoms with E-state index in [1.165, 1.54) is 29.8 Å². The molecule has 8 nitrogen and oxygen atoms in total. The number of halogens is 1. The lowest BCUT2D eigenvalue weighted by Gasteiger charge is -2.28. The van der Waals surface area contributed by atoms with Gasteiger partial charge in [0, 0.05) is 5.56 Å². The number of amides is 1. The molecule has 2 aromatic heterocycles. The summed E-state index contributed by atoms with van der Waals surface area (Å²) in [5, 5.41) is 18.4. The van der Waals surface area contributed by atoms with Gasteiger partial charge in [-0.05, 0) is 30.2 Å². The maximum absolute atomic E-state index is 13.1. The van der Waals surface area contributed by atoms with E-state index in [2.05, 4.69) is 36.1 Å². The molecule has 3 aromatic rings. The van der Waals surface area contributed by atoms with Gasteiger partial charge in [0.2, 0.25) is 11.0 Å². The molecule has 1 aliphatic heterocycles. The van der Waals surface area contributed by atoms with E-state index < -0.39 is 0 Å². The summed E-state index contributed by atoms with van der Waals surface area (Å²) in [5.74, 6) is 0.640. The van der Waals surface area contributed by atoms with Crippen LogP contribution in [0.4, 0.5) is 26.8 Å². The summed E-state index contributed by atoms with van der Waals surface area (Å²) >= 11 is 1.29. The van der Waals surface area contributed by atoms with Gasteiger partial charge in [0.1, 0.15) is 28.9 Å². The summed E-state index contributed by atoms with van der Waals surface area (Å²) < 4.78 is 13.1. The Morgan fingerprint density at radius 2 is 1.96 bits per heavy atom. The van der Waals surface area contributed by atoms with E-state index >= 15 is 0 Å². The zero-order valence-electron chi connectivity index (χ0n) is 14.5. The van der Waals surface area contributed by atoms with E-state index in [4.69, 9.17) is 0 Å². The second-order valence-corrected chi connectivity index (χ2v) is 7.32. The summed E-state index contributed by atoms with van der Waals surface area (Å²) in [6.45, 7) is 3.92. The number of rotatable bonds is 4. The van der Waals surface area contributed by atoms with Crippen molar-refractivity contribution in [1.82, 2.24) is 20.2 Å². The molecule has 1 aromatic carbocycles. The van der Waals surface area contributed by atoms with Crippen molar-refractivity contribution in [3.63, 3.8) is 0 Å².